The van der Waals surface area contributed by atoms with E-state index in [-0.39, 0.29) is 35.9 Å². The third-order valence-corrected chi connectivity index (χ3v) is 6.67. The first-order chi connectivity index (χ1) is 16.6. The lowest BCUT2D eigenvalue weighted by Crippen LogP contribution is -2.38. The highest BCUT2D eigenvalue weighted by Crippen LogP contribution is 2.25. The SMILES string of the molecule is CO[C@H]1/C=C/CCC=CC(=O)O[C@H]([C@H](C)C(=O)CCCC2CC(=O)NC(=O)C2)/C(C)=C\[C@@H](C)[C@@H]1O. The number of esters is 1. The van der Waals surface area contributed by atoms with E-state index in [2.05, 4.69) is 5.32 Å². The van der Waals surface area contributed by atoms with Crippen LogP contribution in [0.5, 0.6) is 0 Å². The number of cyclic esters (lactones) is 1. The summed E-state index contributed by atoms with van der Waals surface area (Å²) in [6.07, 6.45) is 9.96. The zero-order valence-electron chi connectivity index (χ0n) is 21.2. The van der Waals surface area contributed by atoms with Gasteiger partial charge in [-0.05, 0) is 44.1 Å². The fourth-order valence-corrected chi connectivity index (χ4v) is 4.61. The second kappa shape index (κ2) is 14.1. The van der Waals surface area contributed by atoms with Crippen molar-refractivity contribution in [3.63, 3.8) is 0 Å². The number of amides is 2. The van der Waals surface area contributed by atoms with Crippen LogP contribution in [0.1, 0.15) is 65.7 Å². The van der Waals surface area contributed by atoms with E-state index in [0.29, 0.717) is 44.1 Å². The minimum Gasteiger partial charge on any atom is -0.454 e. The Labute approximate surface area is 207 Å². The van der Waals surface area contributed by atoms with Crippen LogP contribution in [0.3, 0.4) is 0 Å². The molecule has 0 spiro atoms. The summed E-state index contributed by atoms with van der Waals surface area (Å²) in [6.45, 7) is 5.39. The summed E-state index contributed by atoms with van der Waals surface area (Å²) < 4.78 is 11.1. The average Bonchev–Trinajstić information content (AvgIpc) is 2.79. The molecular weight excluding hydrogens is 450 g/mol. The molecule has 1 fully saturated rings. The summed E-state index contributed by atoms with van der Waals surface area (Å²) >= 11 is 0. The first-order valence-electron chi connectivity index (χ1n) is 12.4. The minimum atomic E-state index is -0.803. The molecule has 8 heteroatoms. The fourth-order valence-electron chi connectivity index (χ4n) is 4.61. The van der Waals surface area contributed by atoms with Gasteiger partial charge < -0.3 is 14.6 Å². The second-order valence-electron chi connectivity index (χ2n) is 9.62. The molecule has 0 radical (unpaired) electrons. The van der Waals surface area contributed by atoms with Crippen LogP contribution in [0.25, 0.3) is 0 Å². The average molecular weight is 490 g/mol. The minimum absolute atomic E-state index is 0.0524. The molecule has 2 rings (SSSR count). The van der Waals surface area contributed by atoms with Crippen LogP contribution >= 0.6 is 0 Å². The largest absolute Gasteiger partial charge is 0.454 e. The molecule has 2 aliphatic rings. The molecule has 35 heavy (non-hydrogen) atoms. The monoisotopic (exact) mass is 489 g/mol. The van der Waals surface area contributed by atoms with Gasteiger partial charge in [0.25, 0.3) is 0 Å². The second-order valence-corrected chi connectivity index (χ2v) is 9.62. The lowest BCUT2D eigenvalue weighted by Gasteiger charge is -2.27. The van der Waals surface area contributed by atoms with Gasteiger partial charge in [0.2, 0.25) is 11.8 Å². The van der Waals surface area contributed by atoms with Gasteiger partial charge in [0.15, 0.2) is 0 Å². The predicted octanol–water partition coefficient (Wildman–Crippen LogP) is 3.19. The number of hydrogen-bond donors (Lipinski definition) is 2. The number of nitrogens with one attached hydrogen (secondary N) is 1. The Morgan fingerprint density at radius 3 is 2.51 bits per heavy atom. The lowest BCUT2D eigenvalue weighted by molar-refractivity contribution is -0.145. The Hall–Kier alpha value is -2.58. The number of allylic oxidation sites excluding steroid dienone is 2. The molecule has 0 unspecified atom stereocenters. The fraction of sp³-hybridized carbons (Fsp3) is 0.630. The van der Waals surface area contributed by atoms with E-state index in [1.54, 1.807) is 27.0 Å². The van der Waals surface area contributed by atoms with E-state index < -0.39 is 30.2 Å². The molecule has 1 saturated heterocycles. The maximum Gasteiger partial charge on any atom is 0.331 e. The molecule has 2 N–H and O–H groups in total. The van der Waals surface area contributed by atoms with Gasteiger partial charge in [-0.1, -0.05) is 38.2 Å². The first kappa shape index (κ1) is 28.7. The van der Waals surface area contributed by atoms with Gasteiger partial charge in [-0.15, -0.1) is 0 Å². The Morgan fingerprint density at radius 1 is 1.20 bits per heavy atom. The molecule has 2 heterocycles. The van der Waals surface area contributed by atoms with Crippen molar-refractivity contribution in [3.8, 4) is 0 Å². The third-order valence-electron chi connectivity index (χ3n) is 6.67. The van der Waals surface area contributed by atoms with Gasteiger partial charge in [-0.3, -0.25) is 19.7 Å². The quantitative estimate of drug-likeness (QED) is 0.320. The zero-order valence-corrected chi connectivity index (χ0v) is 21.2. The Bertz CT molecular complexity index is 844. The summed E-state index contributed by atoms with van der Waals surface area (Å²) in [5.41, 5.74) is 0.685. The van der Waals surface area contributed by atoms with E-state index in [4.69, 9.17) is 9.47 Å². The van der Waals surface area contributed by atoms with Crippen molar-refractivity contribution >= 4 is 23.6 Å². The number of rotatable bonds is 7. The molecule has 2 amide bonds. The van der Waals surface area contributed by atoms with E-state index >= 15 is 0 Å². The van der Waals surface area contributed by atoms with Crippen LogP contribution in [-0.4, -0.2) is 54.1 Å². The third kappa shape index (κ3) is 9.18. The standard InChI is InChI=1S/C27H39NO7/c1-17-14-18(2)27(35-25(32)13-8-6-5-7-12-22(34-4)26(17)33)19(3)21(29)11-9-10-20-15-23(30)28-24(31)16-20/h7-8,12-14,17,19-20,22,26-27,33H,5-6,9-11,15-16H2,1-4H3,(H,28,30,31)/b12-7+,13-8?,18-14-/t17-,19-,22+,26+,27+/m1/s1. The number of imide groups is 1. The number of Topliss-reactive ketones (excluding diaryl/α,β-unsaturated/α-hetero) is 1. The Balaban J connectivity index is 2.11. The van der Waals surface area contributed by atoms with Gasteiger partial charge in [-0.2, -0.15) is 0 Å². The molecule has 0 aromatic rings. The van der Waals surface area contributed by atoms with Crippen LogP contribution in [-0.2, 0) is 28.7 Å². The van der Waals surface area contributed by atoms with E-state index in [1.807, 2.05) is 25.2 Å². The molecule has 0 aromatic heterocycles. The zero-order chi connectivity index (χ0) is 26.0. The highest BCUT2D eigenvalue weighted by molar-refractivity contribution is 5.97. The molecule has 0 saturated carbocycles. The summed E-state index contributed by atoms with van der Waals surface area (Å²) in [5.74, 6) is -2.06. The molecule has 0 aliphatic carbocycles. The molecule has 5 atom stereocenters. The van der Waals surface area contributed by atoms with Crippen LogP contribution in [0.4, 0.5) is 0 Å². The van der Waals surface area contributed by atoms with Crippen molar-refractivity contribution in [2.45, 2.75) is 84.0 Å². The van der Waals surface area contributed by atoms with Gasteiger partial charge >= 0.3 is 5.97 Å². The highest BCUT2D eigenvalue weighted by atomic mass is 16.5. The number of methoxy groups -OCH3 is 1. The summed E-state index contributed by atoms with van der Waals surface area (Å²) in [5, 5.41) is 13.1. The van der Waals surface area contributed by atoms with Crippen LogP contribution in [0, 0.1) is 17.8 Å². The lowest BCUT2D eigenvalue weighted by atomic mass is 9.86. The Kier molecular flexibility index (Phi) is 11.5. The van der Waals surface area contributed by atoms with E-state index in [1.165, 1.54) is 6.08 Å². The van der Waals surface area contributed by atoms with Gasteiger partial charge in [0, 0.05) is 38.4 Å². The van der Waals surface area contributed by atoms with E-state index in [0.717, 1.165) is 0 Å². The van der Waals surface area contributed by atoms with Crippen LogP contribution in [0.15, 0.2) is 36.0 Å². The number of ether oxygens (including phenoxy) is 2. The number of ketones is 1. The summed E-state index contributed by atoms with van der Waals surface area (Å²) in [4.78, 5) is 48.6. The number of carbonyl (C=O) groups excluding carboxylic acids is 4. The van der Waals surface area contributed by atoms with Crippen molar-refractivity contribution < 1.29 is 33.8 Å². The maximum absolute atomic E-state index is 13.0. The van der Waals surface area contributed by atoms with Crippen LogP contribution < -0.4 is 5.32 Å². The number of hydrogen-bond acceptors (Lipinski definition) is 7. The number of piperidine rings is 1. The maximum atomic E-state index is 13.0. The normalized spacial score (nSPS) is 30.4. The van der Waals surface area contributed by atoms with E-state index in [9.17, 15) is 24.3 Å². The van der Waals surface area contributed by atoms with Gasteiger partial charge in [-0.25, -0.2) is 4.79 Å². The van der Waals surface area contributed by atoms with Crippen LogP contribution in [0.2, 0.25) is 0 Å². The molecule has 0 bridgehead atoms. The topological polar surface area (TPSA) is 119 Å². The number of aliphatic hydroxyl groups excluding tert-OH is 1. The van der Waals surface area contributed by atoms with Gasteiger partial charge in [0.1, 0.15) is 18.0 Å². The number of aliphatic hydroxyl groups is 1. The van der Waals surface area contributed by atoms with Crippen molar-refractivity contribution in [2.75, 3.05) is 7.11 Å². The highest BCUT2D eigenvalue weighted by Gasteiger charge is 2.31. The number of carbonyl (C=O) groups is 4. The summed E-state index contributed by atoms with van der Waals surface area (Å²) in [7, 11) is 1.55. The molecule has 0 aromatic carbocycles. The van der Waals surface area contributed by atoms with Crippen molar-refractivity contribution in [1.82, 2.24) is 5.32 Å². The molecule has 194 valence electrons. The van der Waals surface area contributed by atoms with Gasteiger partial charge in [0.05, 0.1) is 12.0 Å². The predicted molar refractivity (Wildman–Crippen MR) is 131 cm³/mol. The molecule has 2 aliphatic heterocycles. The molecular formula is C27H39NO7. The smallest absolute Gasteiger partial charge is 0.331 e. The molecule has 8 nitrogen and oxygen atoms in total. The van der Waals surface area contributed by atoms with Crippen molar-refractivity contribution in [2.24, 2.45) is 17.8 Å². The Morgan fingerprint density at radius 2 is 1.86 bits per heavy atom. The van der Waals surface area contributed by atoms with Crippen molar-refractivity contribution in [1.29, 1.82) is 0 Å². The summed E-state index contributed by atoms with van der Waals surface area (Å²) in [6, 6.07) is 0. The first-order valence-corrected chi connectivity index (χ1v) is 12.4. The van der Waals surface area contributed by atoms with Crippen molar-refractivity contribution in [3.05, 3.63) is 36.0 Å².